The average Bonchev–Trinajstić information content (AvgIpc) is 2.75. The van der Waals surface area contributed by atoms with E-state index in [-0.39, 0.29) is 5.78 Å². The summed E-state index contributed by atoms with van der Waals surface area (Å²) in [6.07, 6.45) is -0.0941. The number of aryl methyl sites for hydroxylation is 4. The lowest BCUT2D eigenvalue weighted by molar-refractivity contribution is 0.0958. The first kappa shape index (κ1) is 22.1. The van der Waals surface area contributed by atoms with Gasteiger partial charge in [0.25, 0.3) is 0 Å². The summed E-state index contributed by atoms with van der Waals surface area (Å²) in [5.74, 6) is 0.411. The number of hydrogen-bond donors (Lipinski definition) is 1. The standard InChI is InChI=1S/C27H28ClN3O/c1-17-7-5-8-18(2)24(17)30-16-15-23(29)31(25-19(3)9-6-10-20(25)4)27(30)26(32)21-11-13-22(28)14-12-21/h5-14,27,29H,15-16H2,1-4H3. The summed E-state index contributed by atoms with van der Waals surface area (Å²) < 4.78 is 0. The number of nitrogens with zero attached hydrogens (tertiary/aromatic N) is 2. The Labute approximate surface area is 194 Å². The molecule has 4 rings (SSSR count). The van der Waals surface area contributed by atoms with Crippen LogP contribution in [0.5, 0.6) is 0 Å². The number of nitrogens with one attached hydrogen (secondary N) is 1. The zero-order chi connectivity index (χ0) is 23.0. The lowest BCUT2D eigenvalue weighted by Crippen LogP contribution is -2.61. The zero-order valence-corrected chi connectivity index (χ0v) is 19.7. The fourth-order valence-electron chi connectivity index (χ4n) is 4.71. The largest absolute Gasteiger partial charge is 0.343 e. The molecule has 1 N–H and O–H groups in total. The number of carbonyl (C=O) groups is 1. The predicted molar refractivity (Wildman–Crippen MR) is 134 cm³/mol. The van der Waals surface area contributed by atoms with Crippen molar-refractivity contribution in [2.75, 3.05) is 16.3 Å². The van der Waals surface area contributed by atoms with Gasteiger partial charge in [0, 0.05) is 29.2 Å². The van der Waals surface area contributed by atoms with Crippen LogP contribution in [0.25, 0.3) is 0 Å². The molecule has 0 aliphatic carbocycles. The first-order valence-electron chi connectivity index (χ1n) is 10.8. The van der Waals surface area contributed by atoms with E-state index in [0.717, 1.165) is 33.6 Å². The molecule has 3 aromatic carbocycles. The van der Waals surface area contributed by atoms with E-state index in [4.69, 9.17) is 17.0 Å². The van der Waals surface area contributed by atoms with Crippen LogP contribution in [0.15, 0.2) is 60.7 Å². The second-order valence-corrected chi connectivity index (χ2v) is 8.92. The highest BCUT2D eigenvalue weighted by molar-refractivity contribution is 6.30. The van der Waals surface area contributed by atoms with Crippen LogP contribution in [-0.4, -0.2) is 24.3 Å². The maximum Gasteiger partial charge on any atom is 0.206 e. The molecular formula is C27H28ClN3O. The molecule has 0 aromatic heterocycles. The first-order chi connectivity index (χ1) is 15.3. The number of anilines is 2. The predicted octanol–water partition coefficient (Wildman–Crippen LogP) is 6.48. The SMILES string of the molecule is Cc1cccc(C)c1N1CCC(=N)N(c2c(C)cccc2C)C1C(=O)c1ccc(Cl)cc1. The minimum Gasteiger partial charge on any atom is -0.343 e. The summed E-state index contributed by atoms with van der Waals surface area (Å²) in [5, 5.41) is 9.48. The highest BCUT2D eigenvalue weighted by atomic mass is 35.5. The van der Waals surface area contributed by atoms with Crippen molar-refractivity contribution in [2.24, 2.45) is 0 Å². The van der Waals surface area contributed by atoms with E-state index in [1.54, 1.807) is 24.3 Å². The molecule has 1 saturated heterocycles. The highest BCUT2D eigenvalue weighted by Crippen LogP contribution is 2.36. The first-order valence-corrected chi connectivity index (χ1v) is 11.2. The molecule has 1 fully saturated rings. The summed E-state index contributed by atoms with van der Waals surface area (Å²) in [7, 11) is 0. The van der Waals surface area contributed by atoms with Gasteiger partial charge in [-0.2, -0.15) is 0 Å². The average molecular weight is 446 g/mol. The lowest BCUT2D eigenvalue weighted by Gasteiger charge is -2.47. The number of hydrogen-bond acceptors (Lipinski definition) is 3. The van der Waals surface area contributed by atoms with Crippen LogP contribution in [0, 0.1) is 33.1 Å². The highest BCUT2D eigenvalue weighted by Gasteiger charge is 2.40. The van der Waals surface area contributed by atoms with Gasteiger partial charge in [0.05, 0.1) is 5.69 Å². The zero-order valence-electron chi connectivity index (χ0n) is 18.9. The van der Waals surface area contributed by atoms with Gasteiger partial charge in [0.1, 0.15) is 5.84 Å². The molecule has 0 spiro atoms. The van der Waals surface area contributed by atoms with Crippen LogP contribution in [0.2, 0.25) is 5.02 Å². The van der Waals surface area contributed by atoms with Crippen LogP contribution in [0.1, 0.15) is 39.0 Å². The molecule has 4 nitrogen and oxygen atoms in total. The van der Waals surface area contributed by atoms with Crippen LogP contribution < -0.4 is 9.80 Å². The number of para-hydroxylation sites is 2. The Hall–Kier alpha value is -3.11. The molecule has 1 atom stereocenters. The van der Waals surface area contributed by atoms with Crippen molar-refractivity contribution in [2.45, 2.75) is 40.3 Å². The molecule has 164 valence electrons. The van der Waals surface area contributed by atoms with Gasteiger partial charge < -0.3 is 9.80 Å². The smallest absolute Gasteiger partial charge is 0.206 e. The Morgan fingerprint density at radius 2 is 1.34 bits per heavy atom. The van der Waals surface area contributed by atoms with Gasteiger partial charge in [-0.3, -0.25) is 10.2 Å². The summed E-state index contributed by atoms with van der Waals surface area (Å²) in [6, 6.07) is 19.3. The summed E-state index contributed by atoms with van der Waals surface area (Å²) in [6.45, 7) is 8.84. The van der Waals surface area contributed by atoms with Crippen molar-refractivity contribution >= 4 is 34.6 Å². The van der Waals surface area contributed by atoms with E-state index in [1.807, 2.05) is 43.0 Å². The molecule has 1 aliphatic heterocycles. The number of rotatable bonds is 4. The fraction of sp³-hybridized carbons (Fsp3) is 0.259. The van der Waals surface area contributed by atoms with Crippen molar-refractivity contribution in [1.29, 1.82) is 5.41 Å². The number of ketones is 1. The summed E-state index contributed by atoms with van der Waals surface area (Å²) >= 11 is 6.09. The van der Waals surface area contributed by atoms with Crippen LogP contribution in [0.4, 0.5) is 11.4 Å². The van der Waals surface area contributed by atoms with Crippen LogP contribution in [0.3, 0.4) is 0 Å². The third kappa shape index (κ3) is 3.91. The second kappa shape index (κ2) is 8.79. The van der Waals surface area contributed by atoms with Gasteiger partial charge in [0.15, 0.2) is 6.17 Å². The van der Waals surface area contributed by atoms with Gasteiger partial charge in [-0.15, -0.1) is 0 Å². The molecule has 1 unspecified atom stereocenters. The number of benzene rings is 3. The molecule has 5 heteroatoms. The van der Waals surface area contributed by atoms with Crippen molar-refractivity contribution in [3.05, 3.63) is 93.5 Å². The molecule has 3 aromatic rings. The molecule has 32 heavy (non-hydrogen) atoms. The molecule has 0 radical (unpaired) electrons. The Balaban J connectivity index is 1.93. The minimum atomic E-state index is -0.656. The Morgan fingerprint density at radius 3 is 1.88 bits per heavy atom. The monoisotopic (exact) mass is 445 g/mol. The van der Waals surface area contributed by atoms with Gasteiger partial charge in [-0.25, -0.2) is 0 Å². The Kier molecular flexibility index (Phi) is 6.07. The van der Waals surface area contributed by atoms with Gasteiger partial charge in [0.2, 0.25) is 5.78 Å². The lowest BCUT2D eigenvalue weighted by atomic mass is 9.97. The molecule has 1 aliphatic rings. The van der Waals surface area contributed by atoms with E-state index in [2.05, 4.69) is 30.9 Å². The maximum absolute atomic E-state index is 14.0. The minimum absolute atomic E-state index is 0.0450. The molecule has 0 amide bonds. The fourth-order valence-corrected chi connectivity index (χ4v) is 4.84. The van der Waals surface area contributed by atoms with Crippen molar-refractivity contribution in [3.63, 3.8) is 0 Å². The number of carbonyl (C=O) groups excluding carboxylic acids is 1. The number of Topliss-reactive ketones (excluding diaryl/α,β-unsaturated/α-hetero) is 1. The number of amidine groups is 1. The van der Waals surface area contributed by atoms with E-state index in [9.17, 15) is 4.79 Å². The van der Waals surface area contributed by atoms with Gasteiger partial charge in [-0.05, 0) is 74.2 Å². The third-order valence-corrected chi connectivity index (χ3v) is 6.44. The van der Waals surface area contributed by atoms with Gasteiger partial charge in [-0.1, -0.05) is 48.0 Å². The second-order valence-electron chi connectivity index (χ2n) is 8.49. The normalized spacial score (nSPS) is 16.4. The van der Waals surface area contributed by atoms with Crippen LogP contribution in [-0.2, 0) is 0 Å². The molecular weight excluding hydrogens is 418 g/mol. The summed E-state index contributed by atoms with van der Waals surface area (Å²) in [5.41, 5.74) is 6.91. The third-order valence-electron chi connectivity index (χ3n) is 6.19. The van der Waals surface area contributed by atoms with E-state index in [1.165, 1.54) is 0 Å². The van der Waals surface area contributed by atoms with Crippen molar-refractivity contribution in [1.82, 2.24) is 0 Å². The number of halogens is 1. The van der Waals surface area contributed by atoms with Crippen LogP contribution >= 0.6 is 11.6 Å². The Bertz CT molecular complexity index is 1150. The molecule has 0 bridgehead atoms. The molecule has 0 saturated carbocycles. The quantitative estimate of drug-likeness (QED) is 0.467. The van der Waals surface area contributed by atoms with E-state index < -0.39 is 6.17 Å². The topological polar surface area (TPSA) is 47.4 Å². The van der Waals surface area contributed by atoms with Crippen molar-refractivity contribution < 1.29 is 4.79 Å². The maximum atomic E-state index is 14.0. The van der Waals surface area contributed by atoms with E-state index >= 15 is 0 Å². The summed E-state index contributed by atoms with van der Waals surface area (Å²) in [4.78, 5) is 18.1. The van der Waals surface area contributed by atoms with Crippen molar-refractivity contribution in [3.8, 4) is 0 Å². The molecule has 1 heterocycles. The Morgan fingerprint density at radius 1 is 0.844 bits per heavy atom. The van der Waals surface area contributed by atoms with E-state index in [0.29, 0.717) is 29.4 Å². The van der Waals surface area contributed by atoms with Gasteiger partial charge >= 0.3 is 0 Å².